The third-order valence-electron chi connectivity index (χ3n) is 2.88. The molecule has 0 radical (unpaired) electrons. The van der Waals surface area contributed by atoms with Gasteiger partial charge in [-0.1, -0.05) is 29.3 Å². The van der Waals surface area contributed by atoms with Gasteiger partial charge in [0.2, 0.25) is 0 Å². The van der Waals surface area contributed by atoms with Crippen molar-refractivity contribution in [2.75, 3.05) is 17.7 Å². The Balaban J connectivity index is 1.69. The Morgan fingerprint density at radius 1 is 1.28 bits per heavy atom. The lowest BCUT2D eigenvalue weighted by atomic mass is 10.2. The van der Waals surface area contributed by atoms with Crippen LogP contribution in [0.15, 0.2) is 29.6 Å². The number of anilines is 1. The Labute approximate surface area is 162 Å². The average molecular weight is 415 g/mol. The Hall–Kier alpha value is -1.72. The molecule has 0 aliphatic carbocycles. The van der Waals surface area contributed by atoms with Crippen molar-refractivity contribution in [3.63, 3.8) is 0 Å². The number of benzene rings is 1. The lowest BCUT2D eigenvalue weighted by Crippen LogP contribution is -2.21. The van der Waals surface area contributed by atoms with Crippen LogP contribution < -0.4 is 5.32 Å². The number of thiophene rings is 1. The fraction of sp³-hybridized carbons (Fsp3) is 0.188. The lowest BCUT2D eigenvalue weighted by molar-refractivity contribution is -0.144. The van der Waals surface area contributed by atoms with E-state index in [0.29, 0.717) is 26.4 Å². The maximum absolute atomic E-state index is 11.7. The summed E-state index contributed by atoms with van der Waals surface area (Å²) in [6, 6.07) is 8.83. The van der Waals surface area contributed by atoms with Gasteiger partial charge in [0.05, 0.1) is 21.4 Å². The number of carbonyl (C=O) groups excluding carboxylic acids is 2. The number of amides is 1. The molecule has 1 heterocycles. The van der Waals surface area contributed by atoms with Crippen LogP contribution in [0.3, 0.4) is 0 Å². The molecule has 1 amide bonds. The highest BCUT2D eigenvalue weighted by atomic mass is 35.5. The van der Waals surface area contributed by atoms with E-state index < -0.39 is 18.5 Å². The van der Waals surface area contributed by atoms with Crippen molar-refractivity contribution in [2.24, 2.45) is 0 Å². The quantitative estimate of drug-likeness (QED) is 0.681. The van der Waals surface area contributed by atoms with E-state index in [-0.39, 0.29) is 5.75 Å². The van der Waals surface area contributed by atoms with Gasteiger partial charge in [0, 0.05) is 5.75 Å². The van der Waals surface area contributed by atoms with Gasteiger partial charge in [-0.15, -0.1) is 23.1 Å². The molecule has 0 saturated heterocycles. The molecule has 130 valence electrons. The summed E-state index contributed by atoms with van der Waals surface area (Å²) in [6.07, 6.45) is 0. The van der Waals surface area contributed by atoms with Crippen molar-refractivity contribution in [1.29, 1.82) is 5.26 Å². The molecule has 1 aromatic carbocycles. The number of nitriles is 1. The fourth-order valence-electron chi connectivity index (χ4n) is 1.73. The van der Waals surface area contributed by atoms with Crippen molar-refractivity contribution >= 4 is 63.2 Å². The molecular formula is C16H12Cl2N2O3S2. The molecule has 2 rings (SSSR count). The summed E-state index contributed by atoms with van der Waals surface area (Å²) < 4.78 is 4.91. The van der Waals surface area contributed by atoms with E-state index >= 15 is 0 Å². The largest absolute Gasteiger partial charge is 0.455 e. The van der Waals surface area contributed by atoms with Gasteiger partial charge in [-0.2, -0.15) is 5.26 Å². The van der Waals surface area contributed by atoms with Gasteiger partial charge < -0.3 is 10.1 Å². The minimum atomic E-state index is -0.494. The van der Waals surface area contributed by atoms with Crippen LogP contribution in [0.5, 0.6) is 0 Å². The van der Waals surface area contributed by atoms with Crippen molar-refractivity contribution in [2.45, 2.75) is 5.75 Å². The topological polar surface area (TPSA) is 79.2 Å². The molecular weight excluding hydrogens is 403 g/mol. The number of hydrogen-bond acceptors (Lipinski definition) is 6. The molecule has 0 fully saturated rings. The molecule has 1 N–H and O–H groups in total. The maximum atomic E-state index is 11.7. The number of nitrogens with one attached hydrogen (secondary N) is 1. The van der Waals surface area contributed by atoms with E-state index in [4.69, 9.17) is 33.2 Å². The fourth-order valence-corrected chi connectivity index (χ4v) is 3.57. The van der Waals surface area contributed by atoms with Crippen molar-refractivity contribution in [3.05, 3.63) is 50.8 Å². The second kappa shape index (κ2) is 9.68. The Kier molecular flexibility index (Phi) is 7.59. The number of carbonyl (C=O) groups is 2. The van der Waals surface area contributed by atoms with Gasteiger partial charge in [0.1, 0.15) is 11.1 Å². The monoisotopic (exact) mass is 414 g/mol. The van der Waals surface area contributed by atoms with Crippen LogP contribution >= 0.6 is 46.3 Å². The smallest absolute Gasteiger partial charge is 0.316 e. The van der Waals surface area contributed by atoms with E-state index in [9.17, 15) is 9.59 Å². The van der Waals surface area contributed by atoms with Crippen LogP contribution in [0.1, 0.15) is 11.1 Å². The first kappa shape index (κ1) is 19.6. The highest BCUT2D eigenvalue weighted by Crippen LogP contribution is 2.25. The minimum absolute atomic E-state index is 0.107. The second-order valence-electron chi connectivity index (χ2n) is 4.73. The Morgan fingerprint density at radius 3 is 2.80 bits per heavy atom. The number of nitrogens with zero attached hydrogens (tertiary/aromatic N) is 1. The molecule has 2 aromatic rings. The van der Waals surface area contributed by atoms with E-state index in [1.807, 2.05) is 12.1 Å². The van der Waals surface area contributed by atoms with Crippen LogP contribution in [0.2, 0.25) is 10.0 Å². The SMILES string of the molecule is N#Cc1ccsc1NC(=O)COC(=O)CSCc1ccc(Cl)c(Cl)c1. The van der Waals surface area contributed by atoms with Gasteiger partial charge in [0.25, 0.3) is 5.91 Å². The first-order valence-corrected chi connectivity index (χ1v) is 9.73. The first-order chi connectivity index (χ1) is 12.0. The zero-order valence-corrected chi connectivity index (χ0v) is 15.9. The van der Waals surface area contributed by atoms with E-state index in [0.717, 1.165) is 5.56 Å². The van der Waals surface area contributed by atoms with Crippen LogP contribution in [-0.4, -0.2) is 24.2 Å². The zero-order valence-electron chi connectivity index (χ0n) is 12.8. The number of esters is 1. The molecule has 0 atom stereocenters. The zero-order chi connectivity index (χ0) is 18.2. The third kappa shape index (κ3) is 6.25. The van der Waals surface area contributed by atoms with E-state index in [1.165, 1.54) is 23.1 Å². The summed E-state index contributed by atoms with van der Waals surface area (Å²) in [5.41, 5.74) is 1.31. The first-order valence-electron chi connectivity index (χ1n) is 6.94. The summed E-state index contributed by atoms with van der Waals surface area (Å²) in [4.78, 5) is 23.4. The number of thioether (sulfide) groups is 1. The molecule has 25 heavy (non-hydrogen) atoms. The molecule has 0 bridgehead atoms. The molecule has 9 heteroatoms. The van der Waals surface area contributed by atoms with Gasteiger partial charge in [-0.25, -0.2) is 0 Å². The van der Waals surface area contributed by atoms with Gasteiger partial charge in [0.15, 0.2) is 6.61 Å². The third-order valence-corrected chi connectivity index (χ3v) is 5.42. The summed E-state index contributed by atoms with van der Waals surface area (Å²) in [5.74, 6) is -0.303. The lowest BCUT2D eigenvalue weighted by Gasteiger charge is -2.06. The van der Waals surface area contributed by atoms with Crippen LogP contribution in [-0.2, 0) is 20.1 Å². The molecule has 5 nitrogen and oxygen atoms in total. The Bertz CT molecular complexity index is 818. The summed E-state index contributed by atoms with van der Waals surface area (Å²) >= 11 is 14.3. The molecule has 0 aliphatic heterocycles. The average Bonchev–Trinajstić information content (AvgIpc) is 3.03. The van der Waals surface area contributed by atoms with Crippen molar-refractivity contribution in [3.8, 4) is 6.07 Å². The molecule has 0 unspecified atom stereocenters. The predicted molar refractivity (Wildman–Crippen MR) is 101 cm³/mol. The number of ether oxygens (including phenoxy) is 1. The minimum Gasteiger partial charge on any atom is -0.455 e. The summed E-state index contributed by atoms with van der Waals surface area (Å²) in [6.45, 7) is -0.394. The van der Waals surface area contributed by atoms with E-state index in [2.05, 4.69) is 5.32 Å². The van der Waals surface area contributed by atoms with Crippen LogP contribution in [0.25, 0.3) is 0 Å². The van der Waals surface area contributed by atoms with Gasteiger partial charge >= 0.3 is 5.97 Å². The summed E-state index contributed by atoms with van der Waals surface area (Å²) in [5, 5.41) is 14.5. The molecule has 0 saturated carbocycles. The molecule has 0 spiro atoms. The van der Waals surface area contributed by atoms with Gasteiger partial charge in [-0.05, 0) is 29.1 Å². The van der Waals surface area contributed by atoms with Crippen molar-refractivity contribution < 1.29 is 14.3 Å². The highest BCUT2D eigenvalue weighted by molar-refractivity contribution is 7.99. The van der Waals surface area contributed by atoms with Gasteiger partial charge in [-0.3, -0.25) is 9.59 Å². The summed E-state index contributed by atoms with van der Waals surface area (Å²) in [7, 11) is 0. The van der Waals surface area contributed by atoms with Crippen LogP contribution in [0, 0.1) is 11.3 Å². The standard InChI is InChI=1S/C16H12Cl2N2O3S2/c17-12-2-1-10(5-13(12)18)8-24-9-15(22)23-7-14(21)20-16-11(6-19)3-4-25-16/h1-5H,7-9H2,(H,20,21). The maximum Gasteiger partial charge on any atom is 0.316 e. The number of halogens is 2. The Morgan fingerprint density at radius 2 is 2.08 bits per heavy atom. The van der Waals surface area contributed by atoms with Crippen LogP contribution in [0.4, 0.5) is 5.00 Å². The highest BCUT2D eigenvalue weighted by Gasteiger charge is 2.11. The number of hydrogen-bond donors (Lipinski definition) is 1. The molecule has 1 aromatic heterocycles. The predicted octanol–water partition coefficient (Wildman–Crippen LogP) is 4.34. The normalized spacial score (nSPS) is 10.1. The van der Waals surface area contributed by atoms with E-state index in [1.54, 1.807) is 23.6 Å². The second-order valence-corrected chi connectivity index (χ2v) is 7.44. The number of rotatable bonds is 7. The van der Waals surface area contributed by atoms with Crippen molar-refractivity contribution in [1.82, 2.24) is 0 Å². The molecule has 0 aliphatic rings.